The van der Waals surface area contributed by atoms with Gasteiger partial charge in [0.15, 0.2) is 11.9 Å². The summed E-state index contributed by atoms with van der Waals surface area (Å²) in [5, 5.41) is 0. The summed E-state index contributed by atoms with van der Waals surface area (Å²) >= 11 is 0. The molecule has 0 bridgehead atoms. The molecule has 0 fully saturated rings. The molecule has 168 valence electrons. The summed E-state index contributed by atoms with van der Waals surface area (Å²) in [7, 11) is 0. The first kappa shape index (κ1) is 26.8. The largest absolute Gasteiger partial charge is 0.462 e. The molecule has 0 rings (SSSR count). The Kier molecular flexibility index (Phi) is 11.0. The van der Waals surface area contributed by atoms with Crippen LogP contribution < -0.4 is 0 Å². The predicted octanol–water partition coefficient (Wildman–Crippen LogP) is 0.976. The minimum absolute atomic E-state index is 0.610. The highest BCUT2D eigenvalue weighted by molar-refractivity contribution is 5.97. The van der Waals surface area contributed by atoms with Gasteiger partial charge < -0.3 is 23.7 Å². The van der Waals surface area contributed by atoms with E-state index >= 15 is 0 Å². The van der Waals surface area contributed by atoms with Gasteiger partial charge in [-0.3, -0.25) is 28.8 Å². The van der Waals surface area contributed by atoms with Crippen LogP contribution in [0.4, 0.5) is 0 Å². The minimum Gasteiger partial charge on any atom is -0.462 e. The van der Waals surface area contributed by atoms with Crippen LogP contribution in [-0.2, 0) is 52.5 Å². The first-order valence-corrected chi connectivity index (χ1v) is 8.89. The molecular weight excluding hydrogens is 404 g/mol. The van der Waals surface area contributed by atoms with Crippen LogP contribution >= 0.6 is 0 Å². The lowest BCUT2D eigenvalue weighted by Crippen LogP contribution is -2.42. The maximum atomic E-state index is 12.6. The number of hydrogen-bond acceptors (Lipinski definition) is 11. The zero-order valence-corrected chi connectivity index (χ0v) is 17.9. The Hall–Kier alpha value is -3.24. The van der Waals surface area contributed by atoms with Gasteiger partial charge in [-0.15, -0.1) is 0 Å². The molecule has 0 saturated heterocycles. The normalized spacial score (nSPS) is 13.3. The van der Waals surface area contributed by atoms with E-state index in [0.717, 1.165) is 34.6 Å². The average Bonchev–Trinajstić information content (AvgIpc) is 2.58. The fourth-order valence-corrected chi connectivity index (χ4v) is 2.09. The smallest absolute Gasteiger partial charge is 0.308 e. The van der Waals surface area contributed by atoms with Crippen molar-refractivity contribution in [2.75, 3.05) is 6.61 Å². The van der Waals surface area contributed by atoms with Crippen LogP contribution in [0.5, 0.6) is 0 Å². The van der Waals surface area contributed by atoms with E-state index in [9.17, 15) is 28.8 Å². The lowest BCUT2D eigenvalue weighted by Gasteiger charge is -2.28. The number of allylic oxidation sites excluding steroid dienone is 1. The molecule has 0 N–H and O–H groups in total. The van der Waals surface area contributed by atoms with E-state index in [1.165, 1.54) is 13.8 Å². The molecule has 11 heteroatoms. The predicted molar refractivity (Wildman–Crippen MR) is 98.1 cm³/mol. The van der Waals surface area contributed by atoms with E-state index < -0.39 is 71.9 Å². The molecule has 0 aliphatic rings. The zero-order valence-electron chi connectivity index (χ0n) is 17.9. The molecule has 0 radical (unpaired) electrons. The second-order valence-electron chi connectivity index (χ2n) is 6.38. The van der Waals surface area contributed by atoms with Crippen LogP contribution in [0.15, 0.2) is 11.5 Å². The molecule has 2 unspecified atom stereocenters. The Morgan fingerprint density at radius 1 is 0.667 bits per heavy atom. The molecule has 0 spiro atoms. The Morgan fingerprint density at radius 2 is 1.17 bits per heavy atom. The van der Waals surface area contributed by atoms with Crippen molar-refractivity contribution in [2.24, 2.45) is 5.92 Å². The summed E-state index contributed by atoms with van der Waals surface area (Å²) < 4.78 is 25.0. The first-order chi connectivity index (χ1) is 13.8. The Labute approximate surface area is 173 Å². The van der Waals surface area contributed by atoms with Gasteiger partial charge in [0.1, 0.15) is 6.61 Å². The van der Waals surface area contributed by atoms with Gasteiger partial charge in [0.2, 0.25) is 17.6 Å². The number of carbonyl (C=O) groups is 6. The molecule has 30 heavy (non-hydrogen) atoms. The topological polar surface area (TPSA) is 149 Å². The molecule has 0 aromatic heterocycles. The average molecular weight is 430 g/mol. The third kappa shape index (κ3) is 9.80. The van der Waals surface area contributed by atoms with Crippen molar-refractivity contribution in [1.82, 2.24) is 0 Å². The molecule has 0 heterocycles. The van der Waals surface area contributed by atoms with Crippen molar-refractivity contribution in [3.8, 4) is 0 Å². The maximum absolute atomic E-state index is 12.6. The van der Waals surface area contributed by atoms with Gasteiger partial charge >= 0.3 is 29.8 Å². The van der Waals surface area contributed by atoms with Gasteiger partial charge in [0.25, 0.3) is 0 Å². The van der Waals surface area contributed by atoms with Crippen LogP contribution in [0.3, 0.4) is 0 Å². The third-order valence-corrected chi connectivity index (χ3v) is 3.13. The van der Waals surface area contributed by atoms with Gasteiger partial charge in [-0.1, -0.05) is 13.8 Å². The van der Waals surface area contributed by atoms with E-state index in [1.807, 2.05) is 0 Å². The minimum atomic E-state index is -1.74. The van der Waals surface area contributed by atoms with Gasteiger partial charge in [0, 0.05) is 40.5 Å². The number of ketones is 1. The Bertz CT molecular complexity index is 733. The monoisotopic (exact) mass is 430 g/mol. The molecule has 0 amide bonds. The number of hydrogen-bond donors (Lipinski definition) is 0. The molecule has 2 atom stereocenters. The molecule has 0 aliphatic heterocycles. The van der Waals surface area contributed by atoms with Crippen LogP contribution in [-0.4, -0.2) is 54.4 Å². The number of esters is 5. The molecule has 0 saturated carbocycles. The number of ether oxygens (including phenoxy) is 5. The first-order valence-electron chi connectivity index (χ1n) is 8.89. The summed E-state index contributed by atoms with van der Waals surface area (Å²) in [6, 6.07) is 0. The number of carbonyl (C=O) groups excluding carboxylic acids is 6. The Morgan fingerprint density at radius 3 is 1.53 bits per heavy atom. The molecule has 0 aromatic rings. The van der Waals surface area contributed by atoms with Crippen molar-refractivity contribution in [3.63, 3.8) is 0 Å². The molecule has 11 nitrogen and oxygen atoms in total. The summed E-state index contributed by atoms with van der Waals surface area (Å²) in [5.74, 6) is -7.24. The van der Waals surface area contributed by atoms with Crippen molar-refractivity contribution >= 4 is 35.6 Å². The fraction of sp³-hybridized carbons (Fsp3) is 0.579. The summed E-state index contributed by atoms with van der Waals surface area (Å²) in [5.41, 5.74) is 0. The van der Waals surface area contributed by atoms with E-state index in [1.54, 1.807) is 0 Å². The van der Waals surface area contributed by atoms with Crippen LogP contribution in [0.25, 0.3) is 0 Å². The van der Waals surface area contributed by atoms with E-state index in [4.69, 9.17) is 23.7 Å². The third-order valence-electron chi connectivity index (χ3n) is 3.13. The quantitative estimate of drug-likeness (QED) is 0.211. The van der Waals surface area contributed by atoms with Crippen molar-refractivity contribution in [3.05, 3.63) is 11.5 Å². The van der Waals surface area contributed by atoms with Gasteiger partial charge in [-0.25, -0.2) is 0 Å². The SMILES string of the molecule is CC(=O)OCC(OC(C)=O)C(OC(C)=O)C(OC(C)=O)=C(OC(C)=O)C(=O)C(C)C. The van der Waals surface area contributed by atoms with Crippen molar-refractivity contribution in [1.29, 1.82) is 0 Å². The number of Topliss-reactive ketones (excluding diaryl/α,β-unsaturated/α-hetero) is 1. The highest BCUT2D eigenvalue weighted by Gasteiger charge is 2.39. The summed E-state index contributed by atoms with van der Waals surface area (Å²) in [6.07, 6.45) is -3.26. The van der Waals surface area contributed by atoms with E-state index in [0.29, 0.717) is 0 Å². The zero-order chi connectivity index (χ0) is 23.6. The van der Waals surface area contributed by atoms with Crippen molar-refractivity contribution < 1.29 is 52.5 Å². The Balaban J connectivity index is 6.76. The highest BCUT2D eigenvalue weighted by atomic mass is 16.6. The van der Waals surface area contributed by atoms with Gasteiger partial charge in [0.05, 0.1) is 0 Å². The van der Waals surface area contributed by atoms with Crippen molar-refractivity contribution in [2.45, 2.75) is 60.7 Å². The molecule has 0 aromatic carbocycles. The lowest BCUT2D eigenvalue weighted by atomic mass is 10.0. The molecular formula is C19H26O11. The summed E-state index contributed by atoms with van der Waals surface area (Å²) in [4.78, 5) is 70.4. The second-order valence-corrected chi connectivity index (χ2v) is 6.38. The van der Waals surface area contributed by atoms with Gasteiger partial charge in [-0.2, -0.15) is 0 Å². The van der Waals surface area contributed by atoms with Crippen LogP contribution in [0.1, 0.15) is 48.5 Å². The summed E-state index contributed by atoms with van der Waals surface area (Å²) in [6.45, 7) is 7.48. The second kappa shape index (κ2) is 12.3. The lowest BCUT2D eigenvalue weighted by molar-refractivity contribution is -0.174. The fourth-order valence-electron chi connectivity index (χ4n) is 2.09. The standard InChI is InChI=1S/C19H26O11/c1-9(2)16(25)18(29-13(6)23)19(30-14(7)24)17(28-12(5)22)15(27-11(4)21)8-26-10(3)20/h9,15,17H,8H2,1-7H3. The maximum Gasteiger partial charge on any atom is 0.308 e. The van der Waals surface area contributed by atoms with E-state index in [-0.39, 0.29) is 0 Å². The number of rotatable bonds is 10. The van der Waals surface area contributed by atoms with Crippen LogP contribution in [0, 0.1) is 5.92 Å². The molecule has 0 aliphatic carbocycles. The van der Waals surface area contributed by atoms with E-state index in [2.05, 4.69) is 0 Å². The highest BCUT2D eigenvalue weighted by Crippen LogP contribution is 2.24. The van der Waals surface area contributed by atoms with Gasteiger partial charge in [-0.05, 0) is 0 Å². The van der Waals surface area contributed by atoms with Crippen LogP contribution in [0.2, 0.25) is 0 Å².